The van der Waals surface area contributed by atoms with Gasteiger partial charge >= 0.3 is 0 Å². The summed E-state index contributed by atoms with van der Waals surface area (Å²) in [5.74, 6) is 0.985. The molecule has 1 aliphatic rings. The quantitative estimate of drug-likeness (QED) is 0.448. The summed E-state index contributed by atoms with van der Waals surface area (Å²) in [4.78, 5) is 0. The molecule has 114 valence electrons. The number of unbranched alkanes of at least 4 members (excludes halogenated alkanes) is 9. The topological polar surface area (TPSA) is 12.0 Å². The molecule has 2 unspecified atom stereocenters. The molecule has 1 heteroatoms. The Hall–Kier alpha value is -0.0400. The third-order valence-corrected chi connectivity index (χ3v) is 4.96. The van der Waals surface area contributed by atoms with Crippen molar-refractivity contribution in [1.29, 1.82) is 0 Å². The molecule has 1 N–H and O–H groups in total. The summed E-state index contributed by atoms with van der Waals surface area (Å²) in [6, 6.07) is 0.832. The number of nitrogens with one attached hydrogen (secondary N) is 1. The molecule has 0 spiro atoms. The normalized spacial score (nSPS) is 23.1. The van der Waals surface area contributed by atoms with E-state index in [1.807, 2.05) is 0 Å². The van der Waals surface area contributed by atoms with Gasteiger partial charge in [-0.05, 0) is 32.2 Å². The van der Waals surface area contributed by atoms with Crippen LogP contribution >= 0.6 is 0 Å². The molecule has 0 heterocycles. The predicted molar refractivity (Wildman–Crippen MR) is 86.6 cm³/mol. The van der Waals surface area contributed by atoms with Gasteiger partial charge in [-0.1, -0.05) is 77.6 Å². The van der Waals surface area contributed by atoms with Crippen molar-refractivity contribution >= 4 is 0 Å². The minimum atomic E-state index is 0.832. The van der Waals surface area contributed by atoms with Gasteiger partial charge in [0.05, 0.1) is 0 Å². The van der Waals surface area contributed by atoms with Crippen molar-refractivity contribution in [2.24, 2.45) is 5.92 Å². The van der Waals surface area contributed by atoms with Gasteiger partial charge < -0.3 is 5.32 Å². The maximum atomic E-state index is 3.50. The van der Waals surface area contributed by atoms with Crippen LogP contribution in [-0.4, -0.2) is 13.1 Å². The first kappa shape index (κ1) is 17.0. The van der Waals surface area contributed by atoms with E-state index >= 15 is 0 Å². The van der Waals surface area contributed by atoms with E-state index in [-0.39, 0.29) is 0 Å². The van der Waals surface area contributed by atoms with Crippen LogP contribution in [0.3, 0.4) is 0 Å². The fourth-order valence-corrected chi connectivity index (χ4v) is 3.66. The van der Waals surface area contributed by atoms with E-state index in [1.165, 1.54) is 89.9 Å². The Kier molecular flexibility index (Phi) is 10.5. The third kappa shape index (κ3) is 7.97. The molecular weight excluding hydrogens is 230 g/mol. The van der Waals surface area contributed by atoms with Crippen molar-refractivity contribution in [3.63, 3.8) is 0 Å². The lowest BCUT2D eigenvalue weighted by Crippen LogP contribution is -2.28. The Labute approximate surface area is 121 Å². The zero-order valence-corrected chi connectivity index (χ0v) is 13.6. The minimum Gasteiger partial charge on any atom is -0.317 e. The lowest BCUT2D eigenvalue weighted by atomic mass is 9.95. The van der Waals surface area contributed by atoms with Crippen LogP contribution in [0, 0.1) is 5.92 Å². The average molecular weight is 268 g/mol. The molecule has 0 aromatic heterocycles. The van der Waals surface area contributed by atoms with E-state index < -0.39 is 0 Å². The van der Waals surface area contributed by atoms with Crippen LogP contribution in [0.1, 0.15) is 96.8 Å². The molecule has 1 fully saturated rings. The molecule has 0 saturated heterocycles. The van der Waals surface area contributed by atoms with Crippen molar-refractivity contribution in [2.75, 3.05) is 7.05 Å². The highest BCUT2D eigenvalue weighted by Crippen LogP contribution is 2.29. The minimum absolute atomic E-state index is 0.832. The Balaban J connectivity index is 1.81. The molecular formula is C18H37N. The summed E-state index contributed by atoms with van der Waals surface area (Å²) in [7, 11) is 2.14. The second-order valence-corrected chi connectivity index (χ2v) is 6.56. The van der Waals surface area contributed by atoms with E-state index in [4.69, 9.17) is 0 Å². The van der Waals surface area contributed by atoms with Crippen molar-refractivity contribution in [1.82, 2.24) is 5.32 Å². The molecule has 0 radical (unpaired) electrons. The standard InChI is InChI=1S/C18H37N/c1-3-4-5-6-7-8-9-10-11-12-14-17-15-13-16-18(17)19-2/h17-19H,3-16H2,1-2H3. The van der Waals surface area contributed by atoms with Gasteiger partial charge in [-0.2, -0.15) is 0 Å². The first-order valence-corrected chi connectivity index (χ1v) is 9.05. The summed E-state index contributed by atoms with van der Waals surface area (Å²) in [6.07, 6.45) is 20.4. The fourth-order valence-electron chi connectivity index (χ4n) is 3.66. The van der Waals surface area contributed by atoms with Gasteiger partial charge in [0.15, 0.2) is 0 Å². The zero-order valence-electron chi connectivity index (χ0n) is 13.6. The van der Waals surface area contributed by atoms with Crippen LogP contribution in [-0.2, 0) is 0 Å². The van der Waals surface area contributed by atoms with Gasteiger partial charge in [0.25, 0.3) is 0 Å². The smallest absolute Gasteiger partial charge is 0.00923 e. The highest BCUT2D eigenvalue weighted by molar-refractivity contribution is 4.81. The van der Waals surface area contributed by atoms with E-state index in [9.17, 15) is 0 Å². The Bertz CT molecular complexity index is 190. The molecule has 1 nitrogen and oxygen atoms in total. The first-order valence-electron chi connectivity index (χ1n) is 9.05. The summed E-state index contributed by atoms with van der Waals surface area (Å²) >= 11 is 0. The molecule has 0 bridgehead atoms. The molecule has 19 heavy (non-hydrogen) atoms. The lowest BCUT2D eigenvalue weighted by Gasteiger charge is -2.18. The van der Waals surface area contributed by atoms with Gasteiger partial charge in [0.1, 0.15) is 0 Å². The van der Waals surface area contributed by atoms with E-state index in [0.717, 1.165) is 12.0 Å². The Morgan fingerprint density at radius 1 is 0.789 bits per heavy atom. The van der Waals surface area contributed by atoms with Crippen molar-refractivity contribution < 1.29 is 0 Å². The van der Waals surface area contributed by atoms with Crippen LogP contribution in [0.25, 0.3) is 0 Å². The molecule has 1 rings (SSSR count). The highest BCUT2D eigenvalue weighted by atomic mass is 14.9. The van der Waals surface area contributed by atoms with Crippen molar-refractivity contribution in [3.8, 4) is 0 Å². The summed E-state index contributed by atoms with van der Waals surface area (Å²) < 4.78 is 0. The van der Waals surface area contributed by atoms with E-state index in [0.29, 0.717) is 0 Å². The largest absolute Gasteiger partial charge is 0.317 e. The number of hydrogen-bond donors (Lipinski definition) is 1. The SMILES string of the molecule is CCCCCCCCCCCCC1CCCC1NC. The zero-order chi connectivity index (χ0) is 13.8. The third-order valence-electron chi connectivity index (χ3n) is 4.96. The van der Waals surface area contributed by atoms with Crippen LogP contribution in [0.4, 0.5) is 0 Å². The van der Waals surface area contributed by atoms with E-state index in [2.05, 4.69) is 19.3 Å². The molecule has 0 aromatic rings. The van der Waals surface area contributed by atoms with Crippen molar-refractivity contribution in [3.05, 3.63) is 0 Å². The average Bonchev–Trinajstić information content (AvgIpc) is 2.88. The summed E-state index contributed by atoms with van der Waals surface area (Å²) in [5, 5.41) is 3.50. The van der Waals surface area contributed by atoms with E-state index in [1.54, 1.807) is 0 Å². The van der Waals surface area contributed by atoms with Crippen LogP contribution in [0.5, 0.6) is 0 Å². The second-order valence-electron chi connectivity index (χ2n) is 6.56. The van der Waals surface area contributed by atoms with Crippen LogP contribution < -0.4 is 5.32 Å². The molecule has 0 aromatic carbocycles. The Morgan fingerprint density at radius 3 is 1.95 bits per heavy atom. The molecule has 2 atom stereocenters. The first-order chi connectivity index (χ1) is 9.38. The fraction of sp³-hybridized carbons (Fsp3) is 1.00. The van der Waals surface area contributed by atoms with Gasteiger partial charge in [-0.3, -0.25) is 0 Å². The molecule has 1 saturated carbocycles. The summed E-state index contributed by atoms with van der Waals surface area (Å²) in [6.45, 7) is 2.29. The van der Waals surface area contributed by atoms with Gasteiger partial charge in [-0.25, -0.2) is 0 Å². The van der Waals surface area contributed by atoms with Gasteiger partial charge in [-0.15, -0.1) is 0 Å². The van der Waals surface area contributed by atoms with Crippen LogP contribution in [0.2, 0.25) is 0 Å². The molecule has 1 aliphatic carbocycles. The number of rotatable bonds is 12. The van der Waals surface area contributed by atoms with Crippen LogP contribution in [0.15, 0.2) is 0 Å². The maximum absolute atomic E-state index is 3.50. The molecule has 0 aliphatic heterocycles. The number of hydrogen-bond acceptors (Lipinski definition) is 1. The van der Waals surface area contributed by atoms with Gasteiger partial charge in [0, 0.05) is 6.04 Å². The predicted octanol–water partition coefficient (Wildman–Crippen LogP) is 5.69. The monoisotopic (exact) mass is 267 g/mol. The molecule has 0 amide bonds. The second kappa shape index (κ2) is 11.8. The van der Waals surface area contributed by atoms with Gasteiger partial charge in [0.2, 0.25) is 0 Å². The van der Waals surface area contributed by atoms with Crippen molar-refractivity contribution in [2.45, 2.75) is 103 Å². The summed E-state index contributed by atoms with van der Waals surface area (Å²) in [5.41, 5.74) is 0. The maximum Gasteiger partial charge on any atom is 0.00923 e. The Morgan fingerprint density at radius 2 is 1.37 bits per heavy atom. The lowest BCUT2D eigenvalue weighted by molar-refractivity contribution is 0.382. The highest BCUT2D eigenvalue weighted by Gasteiger charge is 2.24.